The highest BCUT2D eigenvalue weighted by Gasteiger charge is 2.31. The summed E-state index contributed by atoms with van der Waals surface area (Å²) < 4.78 is 1.21. The number of fused-ring (bicyclic) bond motifs is 1. The molecule has 4 rings (SSSR count). The minimum Gasteiger partial charge on any atom is -0.371 e. The first kappa shape index (κ1) is 22.9. The van der Waals surface area contributed by atoms with Crippen LogP contribution in [0, 0.1) is 12.8 Å². The van der Waals surface area contributed by atoms with Crippen molar-refractivity contribution in [2.24, 2.45) is 11.7 Å². The lowest BCUT2D eigenvalue weighted by Gasteiger charge is -2.33. The van der Waals surface area contributed by atoms with Crippen molar-refractivity contribution in [3.63, 3.8) is 0 Å². The van der Waals surface area contributed by atoms with E-state index in [1.807, 2.05) is 18.2 Å². The molecule has 176 valence electrons. The average molecular weight is 455 g/mol. The number of nitrogens with zero attached hydrogens (tertiary/aromatic N) is 3. The topological polar surface area (TPSA) is 139 Å². The minimum absolute atomic E-state index is 0.0179. The first-order chi connectivity index (χ1) is 15.9. The van der Waals surface area contributed by atoms with E-state index in [9.17, 15) is 19.2 Å². The Bertz CT molecular complexity index is 1140. The highest BCUT2D eigenvalue weighted by Crippen LogP contribution is 2.27. The van der Waals surface area contributed by atoms with Gasteiger partial charge in [0.25, 0.3) is 11.5 Å². The molecule has 10 heteroatoms. The number of rotatable bonds is 6. The Kier molecular flexibility index (Phi) is 6.73. The number of carbonyl (C=O) groups excluding carboxylic acids is 3. The zero-order valence-corrected chi connectivity index (χ0v) is 18.8. The lowest BCUT2D eigenvalue weighted by molar-refractivity contribution is -0.136. The summed E-state index contributed by atoms with van der Waals surface area (Å²) in [5.41, 5.74) is 6.69. The summed E-state index contributed by atoms with van der Waals surface area (Å²) in [7, 11) is 0. The summed E-state index contributed by atoms with van der Waals surface area (Å²) in [5, 5.41) is 10.8. The number of benzene rings is 1. The molecular formula is C23H30N6O4. The van der Waals surface area contributed by atoms with Gasteiger partial charge in [-0.15, -0.1) is 0 Å². The molecule has 2 fully saturated rings. The number of piperidine rings is 2. The van der Waals surface area contributed by atoms with Crippen molar-refractivity contribution in [1.82, 2.24) is 20.4 Å². The molecule has 3 heterocycles. The van der Waals surface area contributed by atoms with E-state index in [0.29, 0.717) is 37.3 Å². The van der Waals surface area contributed by atoms with Gasteiger partial charge in [-0.25, -0.2) is 4.68 Å². The maximum Gasteiger partial charge on any atom is 0.275 e. The molecule has 0 aliphatic carbocycles. The van der Waals surface area contributed by atoms with E-state index >= 15 is 0 Å². The van der Waals surface area contributed by atoms with Gasteiger partial charge in [-0.05, 0) is 51.3 Å². The molecule has 3 amide bonds. The number of nitrogens with one attached hydrogen (secondary N) is 2. The molecule has 10 nitrogen and oxygen atoms in total. The Morgan fingerprint density at radius 2 is 1.94 bits per heavy atom. The van der Waals surface area contributed by atoms with Crippen molar-refractivity contribution < 1.29 is 14.4 Å². The van der Waals surface area contributed by atoms with Gasteiger partial charge >= 0.3 is 0 Å². The number of hydrogen-bond acceptors (Lipinski definition) is 7. The van der Waals surface area contributed by atoms with Gasteiger partial charge in [0, 0.05) is 43.0 Å². The molecule has 2 aliphatic heterocycles. The van der Waals surface area contributed by atoms with Gasteiger partial charge in [-0.2, -0.15) is 5.10 Å². The van der Waals surface area contributed by atoms with E-state index in [1.165, 1.54) is 4.68 Å². The van der Waals surface area contributed by atoms with Crippen LogP contribution >= 0.6 is 0 Å². The van der Waals surface area contributed by atoms with Crippen molar-refractivity contribution in [1.29, 1.82) is 0 Å². The summed E-state index contributed by atoms with van der Waals surface area (Å²) in [6, 6.07) is 4.90. The maximum absolute atomic E-state index is 13.3. The molecule has 2 aromatic rings. The van der Waals surface area contributed by atoms with Crippen LogP contribution in [0.1, 0.15) is 43.8 Å². The number of nitrogens with two attached hydrogens (primary N) is 1. The molecule has 4 N–H and O–H groups in total. The van der Waals surface area contributed by atoms with Gasteiger partial charge in [0.2, 0.25) is 11.8 Å². The second-order valence-electron chi connectivity index (χ2n) is 8.73. The maximum atomic E-state index is 13.3. The van der Waals surface area contributed by atoms with E-state index < -0.39 is 11.9 Å². The van der Waals surface area contributed by atoms with Crippen LogP contribution in [0.15, 0.2) is 23.0 Å². The number of carbonyl (C=O) groups is 3. The highest BCUT2D eigenvalue weighted by atomic mass is 16.2. The molecule has 33 heavy (non-hydrogen) atoms. The van der Waals surface area contributed by atoms with E-state index in [4.69, 9.17) is 5.73 Å². The molecule has 0 saturated carbocycles. The van der Waals surface area contributed by atoms with Crippen LogP contribution in [0.3, 0.4) is 0 Å². The van der Waals surface area contributed by atoms with Gasteiger partial charge in [0.15, 0.2) is 0 Å². The van der Waals surface area contributed by atoms with E-state index in [-0.39, 0.29) is 36.1 Å². The van der Waals surface area contributed by atoms with Gasteiger partial charge in [-0.1, -0.05) is 6.07 Å². The highest BCUT2D eigenvalue weighted by molar-refractivity contribution is 5.99. The van der Waals surface area contributed by atoms with Gasteiger partial charge < -0.3 is 16.0 Å². The molecule has 1 unspecified atom stereocenters. The van der Waals surface area contributed by atoms with Crippen LogP contribution in [0.25, 0.3) is 10.8 Å². The molecule has 0 bridgehead atoms. The first-order valence-corrected chi connectivity index (χ1v) is 11.5. The van der Waals surface area contributed by atoms with Crippen LogP contribution in [0.4, 0.5) is 5.69 Å². The third kappa shape index (κ3) is 4.75. The van der Waals surface area contributed by atoms with Crippen molar-refractivity contribution in [3.8, 4) is 0 Å². The third-order valence-electron chi connectivity index (χ3n) is 6.51. The van der Waals surface area contributed by atoms with Crippen LogP contribution in [-0.4, -0.2) is 53.7 Å². The fourth-order valence-electron chi connectivity index (χ4n) is 4.59. The lowest BCUT2D eigenvalue weighted by Crippen LogP contribution is -2.45. The van der Waals surface area contributed by atoms with E-state index in [0.717, 1.165) is 30.3 Å². The number of aromatic nitrogens is 2. The molecule has 0 spiro atoms. The zero-order valence-electron chi connectivity index (χ0n) is 18.8. The predicted octanol–water partition coefficient (Wildman–Crippen LogP) is 0.364. The van der Waals surface area contributed by atoms with Crippen molar-refractivity contribution in [2.75, 3.05) is 31.1 Å². The van der Waals surface area contributed by atoms with E-state index in [2.05, 4.69) is 20.6 Å². The number of amides is 3. The molecule has 1 aromatic heterocycles. The normalized spacial score (nSPS) is 19.6. The van der Waals surface area contributed by atoms with Crippen LogP contribution < -0.4 is 26.8 Å². The van der Waals surface area contributed by atoms with E-state index in [1.54, 1.807) is 6.92 Å². The van der Waals surface area contributed by atoms with Gasteiger partial charge in [0.05, 0.1) is 11.1 Å². The molecule has 1 atom stereocenters. The van der Waals surface area contributed by atoms with Gasteiger partial charge in [-0.3, -0.25) is 24.5 Å². The summed E-state index contributed by atoms with van der Waals surface area (Å²) in [6.45, 7) is 4.39. The quantitative estimate of drug-likeness (QED) is 0.423. The van der Waals surface area contributed by atoms with Gasteiger partial charge in [0.1, 0.15) is 6.04 Å². The second-order valence-corrected chi connectivity index (χ2v) is 8.73. The molecule has 2 aliphatic rings. The van der Waals surface area contributed by atoms with Crippen LogP contribution in [-0.2, 0) is 14.4 Å². The minimum atomic E-state index is -0.796. The summed E-state index contributed by atoms with van der Waals surface area (Å²) in [4.78, 5) is 51.6. The molecule has 1 aromatic carbocycles. The van der Waals surface area contributed by atoms with Crippen molar-refractivity contribution >= 4 is 34.2 Å². The molecule has 0 radical (unpaired) electrons. The summed E-state index contributed by atoms with van der Waals surface area (Å²) in [5.74, 6) is -0.769. The second kappa shape index (κ2) is 9.70. The third-order valence-corrected chi connectivity index (χ3v) is 6.51. The number of hydrogen-bond donors (Lipinski definition) is 3. The number of anilines is 1. The lowest BCUT2D eigenvalue weighted by atomic mass is 9.95. The Morgan fingerprint density at radius 3 is 2.64 bits per heavy atom. The van der Waals surface area contributed by atoms with Crippen LogP contribution in [0.2, 0.25) is 0 Å². The predicted molar refractivity (Wildman–Crippen MR) is 124 cm³/mol. The Balaban J connectivity index is 1.54. The molecular weight excluding hydrogens is 424 g/mol. The Hall–Kier alpha value is -3.27. The zero-order chi connectivity index (χ0) is 23.5. The standard InChI is InChI=1S/C23H30N6O4/c1-14-17-4-3-16(28-11-7-15(8-12-28)21(31)25-10-2-9-24)13-18(17)23(33)29(27-14)19-5-6-20(30)26-22(19)32/h3-4,13,15,19H,2,5-12,24H2,1H3,(H,25,31)(H,26,30,32). The SMILES string of the molecule is Cc1nn(C2CCC(=O)NC2=O)c(=O)c2cc(N3CCC(C(=O)NCCCN)CC3)ccc12. The number of aryl methyl sites for hydroxylation is 1. The van der Waals surface area contributed by atoms with Crippen molar-refractivity contribution in [3.05, 3.63) is 34.2 Å². The van der Waals surface area contributed by atoms with Crippen LogP contribution in [0.5, 0.6) is 0 Å². The fourth-order valence-corrected chi connectivity index (χ4v) is 4.59. The van der Waals surface area contributed by atoms with Crippen molar-refractivity contribution in [2.45, 2.75) is 45.1 Å². The molecule has 2 saturated heterocycles. The Labute approximate surface area is 191 Å². The Morgan fingerprint density at radius 1 is 1.18 bits per heavy atom. The monoisotopic (exact) mass is 454 g/mol. The summed E-state index contributed by atoms with van der Waals surface area (Å²) >= 11 is 0. The smallest absolute Gasteiger partial charge is 0.275 e. The fraction of sp³-hybridized carbons (Fsp3) is 0.522. The summed E-state index contributed by atoms with van der Waals surface area (Å²) in [6.07, 6.45) is 2.68. The average Bonchev–Trinajstić information content (AvgIpc) is 2.81. The first-order valence-electron chi connectivity index (χ1n) is 11.5. The largest absolute Gasteiger partial charge is 0.371 e. The number of imide groups is 1.